The molecule has 1 aliphatic carbocycles. The van der Waals surface area contributed by atoms with Crippen molar-refractivity contribution in [2.45, 2.75) is 38.6 Å². The van der Waals surface area contributed by atoms with Crippen LogP contribution in [0, 0.1) is 5.92 Å². The van der Waals surface area contributed by atoms with E-state index in [1.165, 1.54) is 0 Å². The van der Waals surface area contributed by atoms with Crippen LogP contribution in [0.25, 0.3) is 0 Å². The minimum atomic E-state index is -0.804. The van der Waals surface area contributed by atoms with Crippen molar-refractivity contribution in [3.63, 3.8) is 0 Å². The van der Waals surface area contributed by atoms with Crippen molar-refractivity contribution in [3.05, 3.63) is 24.3 Å². The minimum Gasteiger partial charge on any atom is -0.480 e. The van der Waals surface area contributed by atoms with Crippen LogP contribution in [-0.2, 0) is 4.79 Å². The molecule has 104 valence electrons. The normalized spacial score (nSPS) is 23.0. The summed E-state index contributed by atoms with van der Waals surface area (Å²) in [6.45, 7) is 2.28. The highest BCUT2D eigenvalue weighted by molar-refractivity contribution is 5.77. The van der Waals surface area contributed by atoms with Gasteiger partial charge in [-0.15, -0.1) is 0 Å². The van der Waals surface area contributed by atoms with Crippen molar-refractivity contribution in [2.24, 2.45) is 5.92 Å². The summed E-state index contributed by atoms with van der Waals surface area (Å²) in [7, 11) is 0. The van der Waals surface area contributed by atoms with Crippen LogP contribution in [0.4, 0.5) is 11.4 Å². The van der Waals surface area contributed by atoms with Gasteiger partial charge >= 0.3 is 5.97 Å². The van der Waals surface area contributed by atoms with E-state index in [0.717, 1.165) is 37.3 Å². The lowest BCUT2D eigenvalue weighted by atomic mass is 9.86. The maximum Gasteiger partial charge on any atom is 0.323 e. The van der Waals surface area contributed by atoms with E-state index >= 15 is 0 Å². The quantitative estimate of drug-likeness (QED) is 0.819. The first-order chi connectivity index (χ1) is 9.08. The Labute approximate surface area is 114 Å². The van der Waals surface area contributed by atoms with Crippen molar-refractivity contribution >= 4 is 17.3 Å². The van der Waals surface area contributed by atoms with E-state index in [1.807, 2.05) is 29.2 Å². The number of carboxylic acid groups (broad SMARTS) is 1. The highest BCUT2D eigenvalue weighted by Crippen LogP contribution is 2.32. The summed E-state index contributed by atoms with van der Waals surface area (Å²) in [5.41, 5.74) is 7.50. The van der Waals surface area contributed by atoms with Crippen LogP contribution >= 0.6 is 0 Å². The van der Waals surface area contributed by atoms with E-state index < -0.39 is 5.97 Å². The molecule has 0 heterocycles. The Kier molecular flexibility index (Phi) is 4.30. The van der Waals surface area contributed by atoms with Gasteiger partial charge in [0.15, 0.2) is 0 Å². The fourth-order valence-electron chi connectivity index (χ4n) is 2.86. The number of nitrogen functional groups attached to an aromatic ring is 1. The monoisotopic (exact) mass is 262 g/mol. The number of anilines is 2. The molecule has 3 N–H and O–H groups in total. The smallest absolute Gasteiger partial charge is 0.323 e. The number of aliphatic carboxylic acids is 1. The molecule has 1 fully saturated rings. The van der Waals surface area contributed by atoms with Gasteiger partial charge in [0.25, 0.3) is 0 Å². The molecule has 0 spiro atoms. The largest absolute Gasteiger partial charge is 0.480 e. The summed E-state index contributed by atoms with van der Waals surface area (Å²) in [5, 5.41) is 9.14. The lowest BCUT2D eigenvalue weighted by Gasteiger charge is -2.37. The van der Waals surface area contributed by atoms with E-state index in [2.05, 4.69) is 6.92 Å². The Morgan fingerprint density at radius 1 is 1.32 bits per heavy atom. The van der Waals surface area contributed by atoms with Gasteiger partial charge in [-0.3, -0.25) is 4.79 Å². The third-order valence-electron chi connectivity index (χ3n) is 3.98. The fraction of sp³-hybridized carbons (Fsp3) is 0.533. The first-order valence-corrected chi connectivity index (χ1v) is 6.91. The van der Waals surface area contributed by atoms with Crippen LogP contribution < -0.4 is 10.6 Å². The lowest BCUT2D eigenvalue weighted by Crippen LogP contribution is -2.41. The number of nitrogens with zero attached hydrogens (tertiary/aromatic N) is 1. The maximum atomic E-state index is 11.1. The molecule has 0 aliphatic heterocycles. The second-order valence-electron chi connectivity index (χ2n) is 5.49. The molecule has 0 bridgehead atoms. The molecule has 0 aromatic heterocycles. The van der Waals surface area contributed by atoms with Gasteiger partial charge in [0.2, 0.25) is 0 Å². The molecule has 1 saturated carbocycles. The topological polar surface area (TPSA) is 66.6 Å². The second kappa shape index (κ2) is 5.95. The Balaban J connectivity index is 2.21. The van der Waals surface area contributed by atoms with Crippen molar-refractivity contribution in [2.75, 3.05) is 17.2 Å². The SMILES string of the molecule is CC1CCC(N(CC(=O)O)c2ccccc2N)CC1. The zero-order chi connectivity index (χ0) is 13.8. The Morgan fingerprint density at radius 2 is 1.95 bits per heavy atom. The van der Waals surface area contributed by atoms with Gasteiger partial charge in [-0.2, -0.15) is 0 Å². The van der Waals surface area contributed by atoms with Gasteiger partial charge in [0, 0.05) is 6.04 Å². The molecular weight excluding hydrogens is 240 g/mol. The van der Waals surface area contributed by atoms with E-state index in [-0.39, 0.29) is 12.6 Å². The lowest BCUT2D eigenvalue weighted by molar-refractivity contribution is -0.135. The molecule has 2 rings (SSSR count). The van der Waals surface area contributed by atoms with Gasteiger partial charge < -0.3 is 15.7 Å². The van der Waals surface area contributed by atoms with Crippen molar-refractivity contribution in [1.29, 1.82) is 0 Å². The number of rotatable bonds is 4. The summed E-state index contributed by atoms with van der Waals surface area (Å²) in [4.78, 5) is 13.1. The van der Waals surface area contributed by atoms with Crippen LogP contribution in [0.15, 0.2) is 24.3 Å². The van der Waals surface area contributed by atoms with Crippen LogP contribution in [0.3, 0.4) is 0 Å². The predicted octanol–water partition coefficient (Wildman–Crippen LogP) is 2.74. The van der Waals surface area contributed by atoms with Crippen molar-refractivity contribution in [3.8, 4) is 0 Å². The number of nitrogens with two attached hydrogens (primary N) is 1. The molecule has 0 atom stereocenters. The summed E-state index contributed by atoms with van der Waals surface area (Å²) in [6, 6.07) is 7.82. The summed E-state index contributed by atoms with van der Waals surface area (Å²) >= 11 is 0. The van der Waals surface area contributed by atoms with Gasteiger partial charge in [0.1, 0.15) is 6.54 Å². The Hall–Kier alpha value is -1.71. The molecule has 19 heavy (non-hydrogen) atoms. The average Bonchev–Trinajstić information content (AvgIpc) is 2.38. The molecule has 4 heteroatoms. The minimum absolute atomic E-state index is 0.0211. The van der Waals surface area contributed by atoms with Crippen molar-refractivity contribution < 1.29 is 9.90 Å². The van der Waals surface area contributed by atoms with E-state index in [4.69, 9.17) is 10.8 Å². The summed E-state index contributed by atoms with van der Waals surface area (Å²) in [6.07, 6.45) is 4.41. The van der Waals surface area contributed by atoms with Crippen LogP contribution in [0.5, 0.6) is 0 Å². The van der Waals surface area contributed by atoms with E-state index in [9.17, 15) is 4.79 Å². The third-order valence-corrected chi connectivity index (χ3v) is 3.98. The van der Waals surface area contributed by atoms with Gasteiger partial charge in [-0.05, 0) is 43.7 Å². The summed E-state index contributed by atoms with van der Waals surface area (Å²) in [5.74, 6) is -0.0575. The third kappa shape index (κ3) is 3.40. The molecule has 1 aliphatic rings. The molecule has 0 radical (unpaired) electrons. The number of carbonyl (C=O) groups is 1. The van der Waals surface area contributed by atoms with Crippen LogP contribution in [0.2, 0.25) is 0 Å². The van der Waals surface area contributed by atoms with Crippen LogP contribution in [0.1, 0.15) is 32.6 Å². The first-order valence-electron chi connectivity index (χ1n) is 6.91. The summed E-state index contributed by atoms with van der Waals surface area (Å²) < 4.78 is 0. The highest BCUT2D eigenvalue weighted by Gasteiger charge is 2.26. The molecular formula is C15H22N2O2. The standard InChI is InChI=1S/C15H22N2O2/c1-11-6-8-12(9-7-11)17(10-15(18)19)14-5-3-2-4-13(14)16/h2-5,11-12H,6-10,16H2,1H3,(H,18,19). The number of hydrogen-bond acceptors (Lipinski definition) is 3. The molecule has 1 aromatic rings. The predicted molar refractivity (Wildman–Crippen MR) is 77.3 cm³/mol. The first kappa shape index (κ1) is 13.7. The van der Waals surface area contributed by atoms with Gasteiger partial charge in [0.05, 0.1) is 11.4 Å². The number of carboxylic acids is 1. The van der Waals surface area contributed by atoms with E-state index in [0.29, 0.717) is 5.69 Å². The van der Waals surface area contributed by atoms with E-state index in [1.54, 1.807) is 0 Å². The molecule has 0 amide bonds. The highest BCUT2D eigenvalue weighted by atomic mass is 16.4. The van der Waals surface area contributed by atoms with Crippen LogP contribution in [-0.4, -0.2) is 23.7 Å². The number of benzene rings is 1. The zero-order valence-corrected chi connectivity index (χ0v) is 11.4. The Bertz CT molecular complexity index is 440. The molecule has 1 aromatic carbocycles. The number of hydrogen-bond donors (Lipinski definition) is 2. The zero-order valence-electron chi connectivity index (χ0n) is 11.4. The number of para-hydroxylation sites is 2. The molecule has 0 unspecified atom stereocenters. The van der Waals surface area contributed by atoms with Gasteiger partial charge in [-0.25, -0.2) is 0 Å². The van der Waals surface area contributed by atoms with Crippen molar-refractivity contribution in [1.82, 2.24) is 0 Å². The fourth-order valence-corrected chi connectivity index (χ4v) is 2.86. The Morgan fingerprint density at radius 3 is 2.53 bits per heavy atom. The maximum absolute atomic E-state index is 11.1. The molecule has 4 nitrogen and oxygen atoms in total. The average molecular weight is 262 g/mol. The second-order valence-corrected chi connectivity index (χ2v) is 5.49. The molecule has 0 saturated heterocycles. The van der Waals surface area contributed by atoms with Gasteiger partial charge in [-0.1, -0.05) is 19.1 Å².